The normalized spacial score (nSPS) is 10.9. The number of ketones is 1. The van der Waals surface area contributed by atoms with Crippen molar-refractivity contribution in [2.45, 2.75) is 6.92 Å². The van der Waals surface area contributed by atoms with E-state index < -0.39 is 18.5 Å². The second-order valence-corrected chi connectivity index (χ2v) is 5.65. The Bertz CT molecular complexity index is 1000. The van der Waals surface area contributed by atoms with Crippen LogP contribution in [0.2, 0.25) is 0 Å². The Kier molecular flexibility index (Phi) is 5.41. The van der Waals surface area contributed by atoms with Crippen LogP contribution in [0.15, 0.2) is 59.0 Å². The van der Waals surface area contributed by atoms with Crippen LogP contribution in [0.1, 0.15) is 23.2 Å². The number of para-hydroxylation sites is 2. The van der Waals surface area contributed by atoms with Crippen molar-refractivity contribution in [1.82, 2.24) is 4.98 Å². The molecule has 1 amide bonds. The van der Waals surface area contributed by atoms with Crippen LogP contribution >= 0.6 is 0 Å². The number of anilines is 1. The number of nitrogens with zero attached hydrogens (tertiary/aromatic N) is 1. The van der Waals surface area contributed by atoms with Crippen molar-refractivity contribution in [3.63, 3.8) is 0 Å². The first-order chi connectivity index (χ1) is 13.0. The first-order valence-corrected chi connectivity index (χ1v) is 8.12. The lowest BCUT2D eigenvalue weighted by atomic mass is 10.1. The van der Waals surface area contributed by atoms with Crippen molar-refractivity contribution < 1.29 is 23.5 Å². The lowest BCUT2D eigenvalue weighted by Crippen LogP contribution is -2.20. The Morgan fingerprint density at radius 3 is 2.74 bits per heavy atom. The number of ether oxygens (including phenoxy) is 1. The van der Waals surface area contributed by atoms with Gasteiger partial charge in [0.15, 0.2) is 18.0 Å². The van der Waals surface area contributed by atoms with Gasteiger partial charge in [0, 0.05) is 23.4 Å². The summed E-state index contributed by atoms with van der Waals surface area (Å²) in [6.45, 7) is 0.979. The number of carbonyl (C=O) groups is 3. The molecule has 0 saturated carbocycles. The van der Waals surface area contributed by atoms with Crippen molar-refractivity contribution in [2.75, 3.05) is 11.9 Å². The molecular weight excluding hydrogens is 348 g/mol. The zero-order valence-corrected chi connectivity index (χ0v) is 14.5. The molecule has 0 saturated heterocycles. The molecule has 3 rings (SSSR count). The van der Waals surface area contributed by atoms with Crippen LogP contribution in [0.25, 0.3) is 17.2 Å². The van der Waals surface area contributed by atoms with Gasteiger partial charge in [0.1, 0.15) is 5.52 Å². The molecule has 2 aromatic carbocycles. The number of fused-ring (bicyclic) bond motifs is 1. The molecule has 3 aromatic rings. The maximum absolute atomic E-state index is 11.9. The van der Waals surface area contributed by atoms with Gasteiger partial charge >= 0.3 is 5.97 Å². The summed E-state index contributed by atoms with van der Waals surface area (Å²) in [5.74, 6) is -1.07. The Morgan fingerprint density at radius 1 is 1.15 bits per heavy atom. The number of amides is 1. The highest BCUT2D eigenvalue weighted by molar-refractivity contribution is 5.98. The first kappa shape index (κ1) is 18.1. The molecule has 0 unspecified atom stereocenters. The number of oxazole rings is 1. The zero-order valence-electron chi connectivity index (χ0n) is 14.5. The third-order valence-electron chi connectivity index (χ3n) is 3.57. The van der Waals surface area contributed by atoms with E-state index in [1.807, 2.05) is 12.1 Å². The molecule has 0 fully saturated rings. The predicted octanol–water partition coefficient (Wildman–Crippen LogP) is 3.23. The molecule has 7 heteroatoms. The standard InChI is InChI=1S/C20H16N2O5/c1-13(23)14-5-4-6-15(11-14)21-18(24)12-26-20(25)10-9-19-22-16-7-2-3-8-17(16)27-19/h2-11H,12H2,1H3,(H,21,24)/b10-9+. The van der Waals surface area contributed by atoms with E-state index in [-0.39, 0.29) is 11.7 Å². The summed E-state index contributed by atoms with van der Waals surface area (Å²) in [5, 5.41) is 2.56. The number of carbonyl (C=O) groups excluding carboxylic acids is 3. The van der Waals surface area contributed by atoms with E-state index in [1.165, 1.54) is 13.0 Å². The minimum atomic E-state index is -0.704. The summed E-state index contributed by atoms with van der Waals surface area (Å²) in [6, 6.07) is 13.7. The lowest BCUT2D eigenvalue weighted by Gasteiger charge is -2.06. The van der Waals surface area contributed by atoms with E-state index in [1.54, 1.807) is 36.4 Å². The van der Waals surface area contributed by atoms with Crippen LogP contribution in [0.4, 0.5) is 5.69 Å². The van der Waals surface area contributed by atoms with Gasteiger partial charge in [-0.3, -0.25) is 9.59 Å². The van der Waals surface area contributed by atoms with Crippen molar-refractivity contribution >= 4 is 40.5 Å². The highest BCUT2D eigenvalue weighted by atomic mass is 16.5. The average molecular weight is 364 g/mol. The second kappa shape index (κ2) is 8.09. The number of nitrogens with one attached hydrogen (secondary N) is 1. The first-order valence-electron chi connectivity index (χ1n) is 8.12. The van der Waals surface area contributed by atoms with E-state index >= 15 is 0 Å². The minimum Gasteiger partial charge on any atom is -0.452 e. The van der Waals surface area contributed by atoms with Crippen molar-refractivity contribution in [1.29, 1.82) is 0 Å². The van der Waals surface area contributed by atoms with Gasteiger partial charge < -0.3 is 14.5 Å². The minimum absolute atomic E-state index is 0.109. The number of aromatic nitrogens is 1. The summed E-state index contributed by atoms with van der Waals surface area (Å²) in [5.41, 5.74) is 2.22. The highest BCUT2D eigenvalue weighted by Gasteiger charge is 2.08. The number of hydrogen-bond acceptors (Lipinski definition) is 6. The summed E-state index contributed by atoms with van der Waals surface area (Å²) in [7, 11) is 0. The number of esters is 1. The summed E-state index contributed by atoms with van der Waals surface area (Å²) < 4.78 is 10.3. The maximum atomic E-state index is 11.9. The Hall–Kier alpha value is -3.74. The monoisotopic (exact) mass is 364 g/mol. The van der Waals surface area contributed by atoms with Gasteiger partial charge in [-0.05, 0) is 31.2 Å². The fourth-order valence-corrected chi connectivity index (χ4v) is 2.30. The third kappa shape index (κ3) is 4.88. The van der Waals surface area contributed by atoms with Crippen LogP contribution in [-0.2, 0) is 14.3 Å². The molecule has 0 atom stereocenters. The van der Waals surface area contributed by atoms with Gasteiger partial charge in [-0.15, -0.1) is 0 Å². The smallest absolute Gasteiger partial charge is 0.331 e. The molecular formula is C20H16N2O5. The molecule has 0 bridgehead atoms. The molecule has 136 valence electrons. The van der Waals surface area contributed by atoms with Crippen molar-refractivity contribution in [3.05, 3.63) is 66.1 Å². The van der Waals surface area contributed by atoms with Gasteiger partial charge in [-0.1, -0.05) is 24.3 Å². The molecule has 0 spiro atoms. The largest absolute Gasteiger partial charge is 0.452 e. The number of hydrogen-bond donors (Lipinski definition) is 1. The van der Waals surface area contributed by atoms with E-state index in [4.69, 9.17) is 9.15 Å². The van der Waals surface area contributed by atoms with E-state index in [2.05, 4.69) is 10.3 Å². The molecule has 7 nitrogen and oxygen atoms in total. The topological polar surface area (TPSA) is 98.5 Å². The van der Waals surface area contributed by atoms with Gasteiger partial charge in [0.25, 0.3) is 5.91 Å². The number of rotatable bonds is 6. The van der Waals surface area contributed by atoms with Gasteiger partial charge in [-0.25, -0.2) is 9.78 Å². The number of Topliss-reactive ketones (excluding diaryl/α,β-unsaturated/α-hetero) is 1. The Labute approximate surface area is 154 Å². The van der Waals surface area contributed by atoms with Crippen LogP contribution in [0.5, 0.6) is 0 Å². The van der Waals surface area contributed by atoms with Gasteiger partial charge in [0.2, 0.25) is 5.89 Å². The summed E-state index contributed by atoms with van der Waals surface area (Å²) >= 11 is 0. The van der Waals surface area contributed by atoms with E-state index in [0.29, 0.717) is 22.4 Å². The fraction of sp³-hybridized carbons (Fsp3) is 0.100. The van der Waals surface area contributed by atoms with Crippen molar-refractivity contribution in [3.8, 4) is 0 Å². The van der Waals surface area contributed by atoms with Gasteiger partial charge in [0.05, 0.1) is 0 Å². The lowest BCUT2D eigenvalue weighted by molar-refractivity contribution is -0.142. The third-order valence-corrected chi connectivity index (χ3v) is 3.57. The second-order valence-electron chi connectivity index (χ2n) is 5.65. The maximum Gasteiger partial charge on any atom is 0.331 e. The van der Waals surface area contributed by atoms with E-state index in [9.17, 15) is 14.4 Å². The molecule has 27 heavy (non-hydrogen) atoms. The molecule has 1 heterocycles. The Balaban J connectivity index is 1.51. The average Bonchev–Trinajstić information content (AvgIpc) is 3.08. The number of benzene rings is 2. The van der Waals surface area contributed by atoms with Gasteiger partial charge in [-0.2, -0.15) is 0 Å². The Morgan fingerprint density at radius 2 is 1.96 bits per heavy atom. The van der Waals surface area contributed by atoms with Crippen molar-refractivity contribution in [2.24, 2.45) is 0 Å². The molecule has 0 radical (unpaired) electrons. The molecule has 0 aliphatic rings. The van der Waals surface area contributed by atoms with Crippen LogP contribution in [-0.4, -0.2) is 29.3 Å². The fourth-order valence-electron chi connectivity index (χ4n) is 2.30. The zero-order chi connectivity index (χ0) is 19.2. The summed E-state index contributed by atoms with van der Waals surface area (Å²) in [4.78, 5) is 39.1. The van der Waals surface area contributed by atoms with Crippen LogP contribution in [0.3, 0.4) is 0 Å². The molecule has 1 aromatic heterocycles. The molecule has 0 aliphatic carbocycles. The SMILES string of the molecule is CC(=O)c1cccc(NC(=O)COC(=O)/C=C/c2nc3ccccc3o2)c1. The van der Waals surface area contributed by atoms with E-state index in [0.717, 1.165) is 6.08 Å². The highest BCUT2D eigenvalue weighted by Crippen LogP contribution is 2.15. The molecule has 0 aliphatic heterocycles. The summed E-state index contributed by atoms with van der Waals surface area (Å²) in [6.07, 6.45) is 2.50. The van der Waals surface area contributed by atoms with Crippen LogP contribution < -0.4 is 5.32 Å². The van der Waals surface area contributed by atoms with Crippen LogP contribution in [0, 0.1) is 0 Å². The molecule has 1 N–H and O–H groups in total. The quantitative estimate of drug-likeness (QED) is 0.410. The predicted molar refractivity (Wildman–Crippen MR) is 99.1 cm³/mol.